The third-order valence-electron chi connectivity index (χ3n) is 3.96. The molecule has 0 spiro atoms. The van der Waals surface area contributed by atoms with Crippen LogP contribution in [0.25, 0.3) is 0 Å². The Kier molecular flexibility index (Phi) is 5.17. The van der Waals surface area contributed by atoms with Gasteiger partial charge in [0.25, 0.3) is 0 Å². The zero-order valence-electron chi connectivity index (χ0n) is 13.1. The van der Waals surface area contributed by atoms with Crippen molar-refractivity contribution in [3.63, 3.8) is 0 Å². The summed E-state index contributed by atoms with van der Waals surface area (Å²) in [5, 5.41) is 0.0386. The van der Waals surface area contributed by atoms with E-state index in [9.17, 15) is 21.6 Å². The van der Waals surface area contributed by atoms with Crippen LogP contribution < -0.4 is 0 Å². The summed E-state index contributed by atoms with van der Waals surface area (Å²) >= 11 is 1.58. The van der Waals surface area contributed by atoms with Gasteiger partial charge in [0, 0.05) is 18.8 Å². The summed E-state index contributed by atoms with van der Waals surface area (Å²) < 4.78 is 70.6. The van der Waals surface area contributed by atoms with Gasteiger partial charge in [-0.1, -0.05) is 6.07 Å². The average molecular weight is 391 g/mol. The Hall–Kier alpha value is -1.45. The van der Waals surface area contributed by atoms with Gasteiger partial charge in [-0.25, -0.2) is 8.42 Å². The second kappa shape index (κ2) is 7.05. The fourth-order valence-corrected chi connectivity index (χ4v) is 5.47. The van der Waals surface area contributed by atoms with E-state index in [-0.39, 0.29) is 23.2 Å². The van der Waals surface area contributed by atoms with Crippen molar-refractivity contribution < 1.29 is 26.0 Å². The summed E-state index contributed by atoms with van der Waals surface area (Å²) in [6.07, 6.45) is -2.47. The molecule has 4 nitrogen and oxygen atoms in total. The van der Waals surface area contributed by atoms with Crippen LogP contribution in [0.2, 0.25) is 0 Å². The Labute approximate surface area is 148 Å². The van der Waals surface area contributed by atoms with E-state index in [0.29, 0.717) is 18.2 Å². The highest BCUT2D eigenvalue weighted by atomic mass is 32.2. The molecule has 1 atom stereocenters. The molecule has 1 aliphatic rings. The summed E-state index contributed by atoms with van der Waals surface area (Å²) in [7, 11) is -3.97. The highest BCUT2D eigenvalue weighted by Gasteiger charge is 2.34. The van der Waals surface area contributed by atoms with E-state index in [1.165, 1.54) is 10.4 Å². The Morgan fingerprint density at radius 3 is 2.64 bits per heavy atom. The molecule has 9 heteroatoms. The van der Waals surface area contributed by atoms with E-state index < -0.39 is 21.8 Å². The van der Waals surface area contributed by atoms with Crippen LogP contribution in [-0.2, 0) is 16.2 Å². The number of benzene rings is 1. The summed E-state index contributed by atoms with van der Waals surface area (Å²) in [5.74, 6) is 1.33. The van der Waals surface area contributed by atoms with Gasteiger partial charge in [-0.2, -0.15) is 17.5 Å². The number of thioether (sulfide) groups is 1. The second-order valence-corrected chi connectivity index (χ2v) is 8.84. The van der Waals surface area contributed by atoms with E-state index in [1.54, 1.807) is 24.1 Å². The van der Waals surface area contributed by atoms with Crippen molar-refractivity contribution in [1.82, 2.24) is 4.31 Å². The molecule has 0 bridgehead atoms. The van der Waals surface area contributed by atoms with E-state index in [1.807, 2.05) is 6.07 Å². The van der Waals surface area contributed by atoms with E-state index >= 15 is 0 Å². The SMILES string of the molecule is O=S(=O)(c1cccc(C(F)(F)F)c1)N1CCSC(c2ccco2)CC1. The molecule has 0 amide bonds. The molecule has 1 aromatic heterocycles. The fraction of sp³-hybridized carbons (Fsp3) is 0.375. The molecule has 1 saturated heterocycles. The van der Waals surface area contributed by atoms with Gasteiger partial charge in [-0.3, -0.25) is 0 Å². The van der Waals surface area contributed by atoms with Crippen LogP contribution >= 0.6 is 11.8 Å². The molecule has 2 aromatic rings. The van der Waals surface area contributed by atoms with Gasteiger partial charge in [-0.05, 0) is 36.8 Å². The zero-order chi connectivity index (χ0) is 18.1. The summed E-state index contributed by atoms with van der Waals surface area (Å²) in [6.45, 7) is 0.484. The van der Waals surface area contributed by atoms with Crippen LogP contribution in [0.5, 0.6) is 0 Å². The lowest BCUT2D eigenvalue weighted by Crippen LogP contribution is -2.33. The van der Waals surface area contributed by atoms with Crippen LogP contribution in [0.15, 0.2) is 52.0 Å². The lowest BCUT2D eigenvalue weighted by molar-refractivity contribution is -0.137. The third-order valence-corrected chi connectivity index (χ3v) is 7.14. The number of hydrogen-bond donors (Lipinski definition) is 0. The van der Waals surface area contributed by atoms with Crippen LogP contribution in [0, 0.1) is 0 Å². The molecule has 2 heterocycles. The smallest absolute Gasteiger partial charge is 0.416 e. The van der Waals surface area contributed by atoms with Gasteiger partial charge >= 0.3 is 6.18 Å². The quantitative estimate of drug-likeness (QED) is 0.788. The molecule has 0 aliphatic carbocycles. The molecule has 1 aromatic carbocycles. The maximum absolute atomic E-state index is 12.8. The molecule has 1 unspecified atom stereocenters. The van der Waals surface area contributed by atoms with Gasteiger partial charge < -0.3 is 4.42 Å². The minimum Gasteiger partial charge on any atom is -0.468 e. The highest BCUT2D eigenvalue weighted by molar-refractivity contribution is 7.99. The Morgan fingerprint density at radius 2 is 1.96 bits per heavy atom. The topological polar surface area (TPSA) is 50.5 Å². The Balaban J connectivity index is 1.81. The average Bonchev–Trinajstić information content (AvgIpc) is 2.98. The van der Waals surface area contributed by atoms with E-state index in [0.717, 1.165) is 17.9 Å². The lowest BCUT2D eigenvalue weighted by atomic mass is 10.2. The van der Waals surface area contributed by atoms with Crippen molar-refractivity contribution >= 4 is 21.8 Å². The van der Waals surface area contributed by atoms with Crippen LogP contribution in [0.3, 0.4) is 0 Å². The predicted octanol–water partition coefficient (Wildman–Crippen LogP) is 4.17. The third kappa shape index (κ3) is 4.04. The van der Waals surface area contributed by atoms with Crippen LogP contribution in [0.1, 0.15) is 23.0 Å². The van der Waals surface area contributed by atoms with Crippen molar-refractivity contribution in [3.05, 3.63) is 54.0 Å². The largest absolute Gasteiger partial charge is 0.468 e. The van der Waals surface area contributed by atoms with Crippen LogP contribution in [0.4, 0.5) is 13.2 Å². The van der Waals surface area contributed by atoms with Crippen molar-refractivity contribution in [3.8, 4) is 0 Å². The monoisotopic (exact) mass is 391 g/mol. The standard InChI is InChI=1S/C16H16F3NO3S2/c17-16(18,19)12-3-1-4-13(11-12)25(21,22)20-7-6-15(24-10-8-20)14-5-2-9-23-14/h1-5,9,11,15H,6-8,10H2. The number of nitrogens with zero attached hydrogens (tertiary/aromatic N) is 1. The first-order valence-electron chi connectivity index (χ1n) is 7.61. The number of alkyl halides is 3. The minimum absolute atomic E-state index is 0.0386. The predicted molar refractivity (Wildman–Crippen MR) is 88.7 cm³/mol. The van der Waals surface area contributed by atoms with E-state index in [2.05, 4.69) is 0 Å². The molecule has 0 N–H and O–H groups in total. The zero-order valence-corrected chi connectivity index (χ0v) is 14.7. The summed E-state index contributed by atoms with van der Waals surface area (Å²) in [5.41, 5.74) is -0.966. The first-order chi connectivity index (χ1) is 11.8. The first-order valence-corrected chi connectivity index (χ1v) is 10.1. The number of sulfonamides is 1. The minimum atomic E-state index is -4.58. The van der Waals surface area contributed by atoms with Crippen LogP contribution in [-0.4, -0.2) is 31.6 Å². The second-order valence-electron chi connectivity index (χ2n) is 5.59. The number of rotatable bonds is 3. The molecular formula is C16H16F3NO3S2. The Morgan fingerprint density at radius 1 is 1.16 bits per heavy atom. The highest BCUT2D eigenvalue weighted by Crippen LogP contribution is 2.36. The normalized spacial score (nSPS) is 20.4. The van der Waals surface area contributed by atoms with Gasteiger partial charge in [0.1, 0.15) is 5.76 Å². The van der Waals surface area contributed by atoms with Crippen molar-refractivity contribution in [2.24, 2.45) is 0 Å². The molecule has 136 valence electrons. The molecule has 0 radical (unpaired) electrons. The maximum Gasteiger partial charge on any atom is 0.416 e. The summed E-state index contributed by atoms with van der Waals surface area (Å²) in [4.78, 5) is -0.330. The molecule has 0 saturated carbocycles. The van der Waals surface area contributed by atoms with Gasteiger partial charge in [0.15, 0.2) is 0 Å². The number of halogens is 3. The lowest BCUT2D eigenvalue weighted by Gasteiger charge is -2.20. The fourth-order valence-electron chi connectivity index (χ4n) is 2.67. The van der Waals surface area contributed by atoms with Gasteiger partial charge in [0.2, 0.25) is 10.0 Å². The number of furan rings is 1. The molecule has 25 heavy (non-hydrogen) atoms. The van der Waals surface area contributed by atoms with Gasteiger partial charge in [0.05, 0.1) is 22.0 Å². The molecule has 1 fully saturated rings. The number of hydrogen-bond acceptors (Lipinski definition) is 4. The molecule has 3 rings (SSSR count). The first kappa shape index (κ1) is 18.3. The van der Waals surface area contributed by atoms with Crippen molar-refractivity contribution in [1.29, 1.82) is 0 Å². The Bertz CT molecular complexity index is 819. The van der Waals surface area contributed by atoms with Crippen molar-refractivity contribution in [2.75, 3.05) is 18.8 Å². The molecule has 1 aliphatic heterocycles. The summed E-state index contributed by atoms with van der Waals surface area (Å²) in [6, 6.07) is 7.49. The van der Waals surface area contributed by atoms with Gasteiger partial charge in [-0.15, -0.1) is 11.8 Å². The molecular weight excluding hydrogens is 375 g/mol. The maximum atomic E-state index is 12.8. The van der Waals surface area contributed by atoms with E-state index in [4.69, 9.17) is 4.42 Å². The van der Waals surface area contributed by atoms with Crippen molar-refractivity contribution in [2.45, 2.75) is 22.7 Å².